The molecule has 1 amide bonds. The molecule has 3 aromatic rings. The lowest BCUT2D eigenvalue weighted by atomic mass is 9.77. The molecular formula is C44H56N5O15S3+. The molecule has 0 radical (unpaired) electrons. The van der Waals surface area contributed by atoms with Gasteiger partial charge in [-0.3, -0.25) is 23.3 Å². The number of carbonyl (C=O) groups is 2. The lowest BCUT2D eigenvalue weighted by molar-refractivity contribution is -0.684. The van der Waals surface area contributed by atoms with Crippen LogP contribution in [0.4, 0.5) is 11.5 Å². The highest BCUT2D eigenvalue weighted by Crippen LogP contribution is 2.51. The summed E-state index contributed by atoms with van der Waals surface area (Å²) >= 11 is 0. The van der Waals surface area contributed by atoms with E-state index in [0.29, 0.717) is 64.5 Å². The molecule has 5 N–H and O–H groups in total. The van der Waals surface area contributed by atoms with E-state index < -0.39 is 76.3 Å². The first kappa shape index (κ1) is 52.3. The van der Waals surface area contributed by atoms with Gasteiger partial charge in [0.15, 0.2) is 5.71 Å². The van der Waals surface area contributed by atoms with Crippen molar-refractivity contribution < 1.29 is 73.0 Å². The van der Waals surface area contributed by atoms with E-state index in [1.165, 1.54) is 32.4 Å². The Balaban J connectivity index is 1.39. The number of aromatic hydroxyl groups is 2. The molecule has 0 saturated heterocycles. The molecule has 1 aromatic carbocycles. The smallest absolute Gasteiger partial charge is 0.333 e. The van der Waals surface area contributed by atoms with Crippen molar-refractivity contribution in [2.75, 3.05) is 37.1 Å². The Hall–Kier alpha value is -5.69. The molecule has 364 valence electrons. The minimum absolute atomic E-state index is 0.0191. The average molecular weight is 991 g/mol. The number of amides is 1. The Kier molecular flexibility index (Phi) is 16.5. The van der Waals surface area contributed by atoms with Crippen LogP contribution in [0.2, 0.25) is 0 Å². The number of aryl methyl sites for hydroxylation is 1. The molecule has 0 saturated carbocycles. The molecule has 2 aromatic heterocycles. The van der Waals surface area contributed by atoms with Crippen molar-refractivity contribution in [1.82, 2.24) is 9.79 Å². The number of unbranched alkanes of at least 4 members (excludes halogenated alkanes) is 2. The number of hydrogen-bond donors (Lipinski definition) is 5. The van der Waals surface area contributed by atoms with Crippen LogP contribution in [-0.4, -0.2) is 109 Å². The van der Waals surface area contributed by atoms with Gasteiger partial charge in [0.05, 0.1) is 46.6 Å². The summed E-state index contributed by atoms with van der Waals surface area (Å²) < 4.78 is 102. The number of pyridine rings is 1. The van der Waals surface area contributed by atoms with E-state index in [0.717, 1.165) is 17.2 Å². The number of benzene rings is 1. The molecule has 1 atom stereocenters. The number of nitrogens with zero attached hydrogens (tertiary/aromatic N) is 5. The predicted octanol–water partition coefficient (Wildman–Crippen LogP) is 4.92. The van der Waals surface area contributed by atoms with E-state index in [-0.39, 0.29) is 42.8 Å². The standard InChI is InChI=1S/C44H55N5O15S3/c1-43(2)34-28-31(42(53)46(4)63-5)30-47(24-14-26-65(54,55)56)41(34)45-36(43)16-10-7-6-8-11-17-37-44(3,23-13-9-12-18-40(52)64-49-38(50)21-22-39(49)51)33-29-32(67(60,61)62)19-20-35(33)48(37)25-15-27-66(57,58)59/h6-8,10-11,16-17,19-22,28-30H,9,12-15,18,23-27H2,1-5H3,(H4-,50,51,54,55,56,57,58,59,60,61,62)/p+1. The Morgan fingerprint density at radius 2 is 1.46 bits per heavy atom. The third-order valence-electron chi connectivity index (χ3n) is 11.5. The van der Waals surface area contributed by atoms with Crippen LogP contribution in [0.3, 0.4) is 0 Å². The Bertz CT molecular complexity index is 2850. The van der Waals surface area contributed by atoms with E-state index >= 15 is 0 Å². The number of aliphatic imine (C=N–C) groups is 1. The summed E-state index contributed by atoms with van der Waals surface area (Å²) in [6.45, 7) is 6.03. The summed E-state index contributed by atoms with van der Waals surface area (Å²) in [4.78, 5) is 42.1. The summed E-state index contributed by atoms with van der Waals surface area (Å²) in [5.74, 6) is -2.52. The largest absolute Gasteiger partial charge is 0.492 e. The molecule has 0 bridgehead atoms. The lowest BCUT2D eigenvalue weighted by Crippen LogP contribution is -2.38. The highest BCUT2D eigenvalue weighted by molar-refractivity contribution is 7.86. The van der Waals surface area contributed by atoms with Gasteiger partial charge in [0.2, 0.25) is 11.8 Å². The van der Waals surface area contributed by atoms with Gasteiger partial charge >= 0.3 is 11.8 Å². The van der Waals surface area contributed by atoms with Crippen LogP contribution >= 0.6 is 0 Å². The summed E-state index contributed by atoms with van der Waals surface area (Å²) in [6, 6.07) is 8.20. The van der Waals surface area contributed by atoms with Crippen molar-refractivity contribution in [3.63, 3.8) is 0 Å². The first-order chi connectivity index (χ1) is 31.3. The SMILES string of the molecule is CON(C)C(=O)c1cc2c([n+](CCCS(=O)(=O)O)c1)N=C(C=CC=CC=CC=C1N(CCCS(=O)(=O)O)c3ccc(S(=O)(=O)O)cc3C1(C)CCCCCC(=O)On1c(O)ccc1O)C2(C)C. The number of hydroxylamine groups is 2. The van der Waals surface area contributed by atoms with Crippen molar-refractivity contribution in [1.29, 1.82) is 0 Å². The van der Waals surface area contributed by atoms with E-state index in [9.17, 15) is 58.7 Å². The normalized spacial score (nSPS) is 17.8. The van der Waals surface area contributed by atoms with Crippen LogP contribution < -0.4 is 14.3 Å². The topological polar surface area (TPSA) is 284 Å². The van der Waals surface area contributed by atoms with Gasteiger partial charge in [-0.2, -0.15) is 25.3 Å². The van der Waals surface area contributed by atoms with Crippen LogP contribution in [0.25, 0.3) is 0 Å². The number of rotatable bonds is 22. The second-order valence-electron chi connectivity index (χ2n) is 16.7. The molecule has 0 fully saturated rings. The van der Waals surface area contributed by atoms with Gasteiger partial charge in [0, 0.05) is 55.4 Å². The van der Waals surface area contributed by atoms with Gasteiger partial charge in [0.25, 0.3) is 36.3 Å². The monoisotopic (exact) mass is 990 g/mol. The molecular weight excluding hydrogens is 935 g/mol. The van der Waals surface area contributed by atoms with E-state index in [2.05, 4.69) is 0 Å². The first-order valence-electron chi connectivity index (χ1n) is 21.1. The summed E-state index contributed by atoms with van der Waals surface area (Å²) in [6.07, 6.45) is 15.8. The van der Waals surface area contributed by atoms with Gasteiger partial charge in [-0.25, -0.2) is 14.4 Å². The second-order valence-corrected chi connectivity index (χ2v) is 21.3. The molecule has 20 nitrogen and oxygen atoms in total. The number of carbonyl (C=O) groups excluding carboxylic acids is 2. The van der Waals surface area contributed by atoms with Crippen molar-refractivity contribution >= 4 is 59.4 Å². The van der Waals surface area contributed by atoms with Crippen LogP contribution in [-0.2, 0) is 57.4 Å². The third kappa shape index (κ3) is 13.1. The molecule has 1 unspecified atom stereocenters. The van der Waals surface area contributed by atoms with E-state index in [4.69, 9.17) is 14.7 Å². The fourth-order valence-electron chi connectivity index (χ4n) is 7.99. The molecule has 4 heterocycles. The van der Waals surface area contributed by atoms with Crippen molar-refractivity contribution in [2.45, 2.75) is 88.0 Å². The second kappa shape index (κ2) is 21.1. The fourth-order valence-corrected chi connectivity index (χ4v) is 9.48. The van der Waals surface area contributed by atoms with Gasteiger partial charge < -0.3 is 20.0 Å². The molecule has 0 aliphatic carbocycles. The van der Waals surface area contributed by atoms with E-state index in [1.807, 2.05) is 31.7 Å². The Morgan fingerprint density at radius 1 is 0.821 bits per heavy atom. The fraction of sp³-hybridized carbons (Fsp3) is 0.409. The third-order valence-corrected chi connectivity index (χ3v) is 14.0. The van der Waals surface area contributed by atoms with Crippen LogP contribution in [0.15, 0.2) is 101 Å². The predicted molar refractivity (Wildman–Crippen MR) is 247 cm³/mol. The number of hydrogen-bond acceptors (Lipinski definition) is 14. The summed E-state index contributed by atoms with van der Waals surface area (Å²) in [7, 11) is -10.3. The Labute approximate surface area is 390 Å². The van der Waals surface area contributed by atoms with Crippen LogP contribution in [0, 0.1) is 0 Å². The van der Waals surface area contributed by atoms with Crippen molar-refractivity contribution in [3.8, 4) is 11.8 Å². The first-order valence-corrected chi connectivity index (χ1v) is 25.7. The summed E-state index contributed by atoms with van der Waals surface area (Å²) in [5.41, 5.74) is 1.84. The molecule has 2 aliphatic rings. The molecule has 23 heteroatoms. The Morgan fingerprint density at radius 3 is 2.10 bits per heavy atom. The number of aromatic nitrogens is 2. The van der Waals surface area contributed by atoms with Gasteiger partial charge in [0.1, 0.15) is 6.20 Å². The quantitative estimate of drug-likeness (QED) is 0.0294. The van der Waals surface area contributed by atoms with E-state index in [1.54, 1.807) is 53.3 Å². The van der Waals surface area contributed by atoms with Crippen molar-refractivity contribution in [3.05, 3.63) is 108 Å². The highest BCUT2D eigenvalue weighted by Gasteiger charge is 2.45. The maximum atomic E-state index is 13.1. The molecule has 67 heavy (non-hydrogen) atoms. The zero-order valence-electron chi connectivity index (χ0n) is 37.6. The van der Waals surface area contributed by atoms with Crippen LogP contribution in [0.5, 0.6) is 11.8 Å². The van der Waals surface area contributed by atoms with Gasteiger partial charge in [-0.1, -0.05) is 43.2 Å². The zero-order chi connectivity index (χ0) is 49.5. The number of fused-ring (bicyclic) bond motifs is 2. The average Bonchev–Trinajstić information content (AvgIpc) is 3.78. The zero-order valence-corrected chi connectivity index (χ0v) is 40.1. The van der Waals surface area contributed by atoms with Crippen LogP contribution in [0.1, 0.15) is 87.2 Å². The minimum Gasteiger partial charge on any atom is -0.492 e. The molecule has 2 aliphatic heterocycles. The molecule has 0 spiro atoms. The molecule has 5 rings (SSSR count). The number of anilines is 1. The van der Waals surface area contributed by atoms with Crippen molar-refractivity contribution in [2.24, 2.45) is 4.99 Å². The number of allylic oxidation sites excluding steroid dienone is 8. The van der Waals surface area contributed by atoms with Gasteiger partial charge in [-0.15, -0.1) is 4.73 Å². The summed E-state index contributed by atoms with van der Waals surface area (Å²) in [5, 5.41) is 20.6. The maximum absolute atomic E-state index is 13.1. The maximum Gasteiger partial charge on any atom is 0.333 e. The lowest BCUT2D eigenvalue weighted by Gasteiger charge is -2.30. The minimum atomic E-state index is -4.62. The van der Waals surface area contributed by atoms with Gasteiger partial charge in [-0.05, 0) is 87.0 Å². The highest BCUT2D eigenvalue weighted by atomic mass is 32.2.